The molecule has 2 aromatic carbocycles. The molecule has 0 aliphatic carbocycles. The number of rotatable bonds is 5. The van der Waals surface area contributed by atoms with E-state index in [2.05, 4.69) is 5.32 Å². The summed E-state index contributed by atoms with van der Waals surface area (Å²) in [6.07, 6.45) is 1.27. The van der Waals surface area contributed by atoms with Crippen LogP contribution >= 0.6 is 0 Å². The minimum absolute atomic E-state index is 0.113. The standard InChI is InChI=1S/C20H12FN3O4/c21-15-3-1-13(2-4-15)19-10-9-18(28-19)11-14(12-22)20(25)23-16-5-7-17(8-6-16)24(26)27/h1-11H,(H,23,25)/b14-11-. The molecule has 0 unspecified atom stereocenters. The van der Waals surface area contributed by atoms with Crippen LogP contribution in [0.15, 0.2) is 70.7 Å². The summed E-state index contributed by atoms with van der Waals surface area (Å²) in [5.74, 6) is -0.324. The van der Waals surface area contributed by atoms with Crippen molar-refractivity contribution in [2.24, 2.45) is 0 Å². The van der Waals surface area contributed by atoms with Crippen molar-refractivity contribution in [3.05, 3.63) is 87.9 Å². The maximum atomic E-state index is 13.0. The van der Waals surface area contributed by atoms with Crippen molar-refractivity contribution in [1.29, 1.82) is 5.26 Å². The second-order valence-corrected chi connectivity index (χ2v) is 5.64. The van der Waals surface area contributed by atoms with Gasteiger partial charge in [0.2, 0.25) is 0 Å². The monoisotopic (exact) mass is 377 g/mol. The number of hydrogen-bond donors (Lipinski definition) is 1. The highest BCUT2D eigenvalue weighted by Crippen LogP contribution is 2.24. The summed E-state index contributed by atoms with van der Waals surface area (Å²) in [5.41, 5.74) is 0.634. The number of halogens is 1. The highest BCUT2D eigenvalue weighted by molar-refractivity contribution is 6.09. The Balaban J connectivity index is 1.76. The molecule has 0 bridgehead atoms. The molecule has 0 saturated heterocycles. The zero-order chi connectivity index (χ0) is 20.1. The molecule has 0 atom stereocenters. The number of nitriles is 1. The van der Waals surface area contributed by atoms with E-state index in [0.717, 1.165) is 0 Å². The first-order valence-corrected chi connectivity index (χ1v) is 7.99. The van der Waals surface area contributed by atoms with E-state index in [0.29, 0.717) is 17.0 Å². The number of carbonyl (C=O) groups excluding carboxylic acids is 1. The van der Waals surface area contributed by atoms with Gasteiger partial charge in [0.05, 0.1) is 4.92 Å². The number of non-ortho nitro benzene ring substituents is 1. The van der Waals surface area contributed by atoms with Crippen molar-refractivity contribution < 1.29 is 18.5 Å². The topological polar surface area (TPSA) is 109 Å². The third-order valence-electron chi connectivity index (χ3n) is 3.74. The number of amides is 1. The van der Waals surface area contributed by atoms with Gasteiger partial charge in [0.15, 0.2) is 0 Å². The quantitative estimate of drug-likeness (QED) is 0.304. The van der Waals surface area contributed by atoms with Crippen LogP contribution in [0.2, 0.25) is 0 Å². The Bertz CT molecular complexity index is 1090. The van der Waals surface area contributed by atoms with Crippen molar-refractivity contribution in [3.8, 4) is 17.4 Å². The highest BCUT2D eigenvalue weighted by atomic mass is 19.1. The van der Waals surface area contributed by atoms with Crippen LogP contribution in [0.4, 0.5) is 15.8 Å². The van der Waals surface area contributed by atoms with Crippen LogP contribution in [-0.4, -0.2) is 10.8 Å². The summed E-state index contributed by atoms with van der Waals surface area (Å²) in [5, 5.41) is 22.4. The summed E-state index contributed by atoms with van der Waals surface area (Å²) in [7, 11) is 0. The molecule has 1 N–H and O–H groups in total. The maximum absolute atomic E-state index is 13.0. The van der Waals surface area contributed by atoms with Crippen molar-refractivity contribution in [3.63, 3.8) is 0 Å². The molecule has 0 fully saturated rings. The molecule has 0 radical (unpaired) electrons. The second kappa shape index (κ2) is 7.97. The van der Waals surface area contributed by atoms with Crippen LogP contribution in [0.3, 0.4) is 0 Å². The number of benzene rings is 2. The predicted octanol–water partition coefficient (Wildman–Crippen LogP) is 4.54. The summed E-state index contributed by atoms with van der Waals surface area (Å²) in [6.45, 7) is 0. The molecule has 28 heavy (non-hydrogen) atoms. The number of anilines is 1. The van der Waals surface area contributed by atoms with E-state index in [4.69, 9.17) is 4.42 Å². The Labute approximate surface area is 158 Å². The number of hydrogen-bond acceptors (Lipinski definition) is 5. The number of nitro groups is 1. The molecule has 3 rings (SSSR count). The van der Waals surface area contributed by atoms with Gasteiger partial charge >= 0.3 is 0 Å². The summed E-state index contributed by atoms with van der Waals surface area (Å²) < 4.78 is 18.6. The van der Waals surface area contributed by atoms with Gasteiger partial charge in [0, 0.05) is 29.5 Å². The molecule has 0 saturated carbocycles. The lowest BCUT2D eigenvalue weighted by Gasteiger charge is -2.03. The Morgan fingerprint density at radius 1 is 1.11 bits per heavy atom. The van der Waals surface area contributed by atoms with Gasteiger partial charge in [-0.05, 0) is 48.5 Å². The number of nitro benzene ring substituents is 1. The van der Waals surface area contributed by atoms with E-state index < -0.39 is 10.8 Å². The van der Waals surface area contributed by atoms with E-state index in [-0.39, 0.29) is 22.8 Å². The van der Waals surface area contributed by atoms with E-state index in [9.17, 15) is 24.6 Å². The zero-order valence-corrected chi connectivity index (χ0v) is 14.3. The zero-order valence-electron chi connectivity index (χ0n) is 14.3. The molecule has 138 valence electrons. The fourth-order valence-corrected chi connectivity index (χ4v) is 2.36. The van der Waals surface area contributed by atoms with Gasteiger partial charge in [0.25, 0.3) is 11.6 Å². The molecule has 7 nitrogen and oxygen atoms in total. The van der Waals surface area contributed by atoms with Crippen LogP contribution in [0, 0.1) is 27.3 Å². The van der Waals surface area contributed by atoms with E-state index >= 15 is 0 Å². The van der Waals surface area contributed by atoms with Gasteiger partial charge in [-0.1, -0.05) is 0 Å². The van der Waals surface area contributed by atoms with Gasteiger partial charge in [0.1, 0.15) is 29.0 Å². The van der Waals surface area contributed by atoms with Crippen LogP contribution in [0.5, 0.6) is 0 Å². The lowest BCUT2D eigenvalue weighted by Crippen LogP contribution is -2.13. The molecule has 0 spiro atoms. The average molecular weight is 377 g/mol. The lowest BCUT2D eigenvalue weighted by molar-refractivity contribution is -0.384. The number of furan rings is 1. The Hall–Kier alpha value is -4.25. The normalized spacial score (nSPS) is 10.9. The van der Waals surface area contributed by atoms with Gasteiger partial charge < -0.3 is 9.73 Å². The molecular weight excluding hydrogens is 365 g/mol. The molecule has 3 aromatic rings. The number of nitrogens with one attached hydrogen (secondary N) is 1. The Morgan fingerprint density at radius 2 is 1.79 bits per heavy atom. The second-order valence-electron chi connectivity index (χ2n) is 5.64. The first-order chi connectivity index (χ1) is 13.5. The lowest BCUT2D eigenvalue weighted by atomic mass is 10.2. The summed E-state index contributed by atoms with van der Waals surface area (Å²) in [4.78, 5) is 22.4. The molecule has 0 aliphatic rings. The fourth-order valence-electron chi connectivity index (χ4n) is 2.36. The molecule has 8 heteroatoms. The highest BCUT2D eigenvalue weighted by Gasteiger charge is 2.12. The third kappa shape index (κ3) is 4.28. The van der Waals surface area contributed by atoms with Gasteiger partial charge in [-0.15, -0.1) is 0 Å². The molecular formula is C20H12FN3O4. The Kier molecular flexibility index (Phi) is 5.28. The first kappa shape index (κ1) is 18.5. The van der Waals surface area contributed by atoms with Crippen LogP contribution in [-0.2, 0) is 4.79 Å². The minimum Gasteiger partial charge on any atom is -0.457 e. The van der Waals surface area contributed by atoms with E-state index in [1.54, 1.807) is 30.3 Å². The maximum Gasteiger partial charge on any atom is 0.269 e. The number of carbonyl (C=O) groups is 1. The number of nitrogens with zero attached hydrogens (tertiary/aromatic N) is 2. The van der Waals surface area contributed by atoms with E-state index in [1.165, 1.54) is 42.5 Å². The smallest absolute Gasteiger partial charge is 0.269 e. The third-order valence-corrected chi connectivity index (χ3v) is 3.74. The van der Waals surface area contributed by atoms with Crippen molar-refractivity contribution in [1.82, 2.24) is 0 Å². The van der Waals surface area contributed by atoms with Crippen LogP contribution < -0.4 is 5.32 Å². The largest absolute Gasteiger partial charge is 0.457 e. The molecule has 1 amide bonds. The van der Waals surface area contributed by atoms with Crippen LogP contribution in [0.25, 0.3) is 17.4 Å². The SMILES string of the molecule is N#C/C(=C/c1ccc(-c2ccc(F)cc2)o1)C(=O)Nc1ccc([N+](=O)[O-])cc1. The van der Waals surface area contributed by atoms with Gasteiger partial charge in [-0.2, -0.15) is 5.26 Å². The van der Waals surface area contributed by atoms with Gasteiger partial charge in [-0.25, -0.2) is 4.39 Å². The fraction of sp³-hybridized carbons (Fsp3) is 0. The van der Waals surface area contributed by atoms with Crippen molar-refractivity contribution in [2.75, 3.05) is 5.32 Å². The molecule has 0 aliphatic heterocycles. The predicted molar refractivity (Wildman–Crippen MR) is 99.4 cm³/mol. The summed E-state index contributed by atoms with van der Waals surface area (Å²) in [6, 6.07) is 15.9. The van der Waals surface area contributed by atoms with Gasteiger partial charge in [-0.3, -0.25) is 14.9 Å². The average Bonchev–Trinajstić information content (AvgIpc) is 3.15. The van der Waals surface area contributed by atoms with E-state index in [1.807, 2.05) is 0 Å². The summed E-state index contributed by atoms with van der Waals surface area (Å²) >= 11 is 0. The Morgan fingerprint density at radius 3 is 2.39 bits per heavy atom. The van der Waals surface area contributed by atoms with Crippen molar-refractivity contribution >= 4 is 23.4 Å². The van der Waals surface area contributed by atoms with Crippen molar-refractivity contribution in [2.45, 2.75) is 0 Å². The molecule has 1 heterocycles. The first-order valence-electron chi connectivity index (χ1n) is 7.99. The molecule has 1 aromatic heterocycles. The van der Waals surface area contributed by atoms with Crippen LogP contribution in [0.1, 0.15) is 5.76 Å². The minimum atomic E-state index is -0.684.